The third-order valence-corrected chi connectivity index (χ3v) is 4.22. The van der Waals surface area contributed by atoms with Gasteiger partial charge >= 0.3 is 6.09 Å². The third-order valence-electron chi connectivity index (χ3n) is 4.22. The smallest absolute Gasteiger partial charge is 0.411 e. The number of ether oxygens (including phenoxy) is 3. The molecule has 148 valence electrons. The molecule has 0 saturated carbocycles. The lowest BCUT2D eigenvalue weighted by Crippen LogP contribution is -2.15. The summed E-state index contributed by atoms with van der Waals surface area (Å²) in [5.74, 6) is 1.10. The SMILES string of the molecule is CCOC(=O)Nc1ccc(C(=O)Nc2cc3c(cc2OCC)C[C@H](C)O3)cc1. The first-order valence-corrected chi connectivity index (χ1v) is 9.31. The van der Waals surface area contributed by atoms with Crippen LogP contribution in [-0.4, -0.2) is 31.3 Å². The maximum Gasteiger partial charge on any atom is 0.411 e. The molecule has 7 nitrogen and oxygen atoms in total. The van der Waals surface area contributed by atoms with Crippen molar-refractivity contribution in [2.45, 2.75) is 33.3 Å². The highest BCUT2D eigenvalue weighted by Gasteiger charge is 2.22. The highest BCUT2D eigenvalue weighted by molar-refractivity contribution is 6.05. The molecular formula is C21H24N2O5. The van der Waals surface area contributed by atoms with E-state index in [-0.39, 0.29) is 18.6 Å². The van der Waals surface area contributed by atoms with E-state index in [1.165, 1.54) is 0 Å². The normalized spacial score (nSPS) is 14.6. The lowest BCUT2D eigenvalue weighted by atomic mass is 10.1. The lowest BCUT2D eigenvalue weighted by Gasteiger charge is -2.14. The van der Waals surface area contributed by atoms with Gasteiger partial charge in [-0.15, -0.1) is 0 Å². The number of fused-ring (bicyclic) bond motifs is 1. The molecule has 1 heterocycles. The maximum atomic E-state index is 12.7. The van der Waals surface area contributed by atoms with Gasteiger partial charge in [0.15, 0.2) is 0 Å². The Morgan fingerprint density at radius 1 is 1.11 bits per heavy atom. The summed E-state index contributed by atoms with van der Waals surface area (Å²) in [7, 11) is 0. The molecule has 0 bridgehead atoms. The monoisotopic (exact) mass is 384 g/mol. The van der Waals surface area contributed by atoms with E-state index in [4.69, 9.17) is 14.2 Å². The summed E-state index contributed by atoms with van der Waals surface area (Å²) in [6.07, 6.45) is 0.391. The second-order valence-corrected chi connectivity index (χ2v) is 6.40. The molecular weight excluding hydrogens is 360 g/mol. The van der Waals surface area contributed by atoms with Crippen LogP contribution in [-0.2, 0) is 11.2 Å². The molecule has 28 heavy (non-hydrogen) atoms. The maximum absolute atomic E-state index is 12.7. The first kappa shape index (κ1) is 19.5. The number of benzene rings is 2. The largest absolute Gasteiger partial charge is 0.492 e. The fourth-order valence-electron chi connectivity index (χ4n) is 3.00. The summed E-state index contributed by atoms with van der Waals surface area (Å²) in [5.41, 5.74) is 2.63. The minimum atomic E-state index is -0.534. The molecule has 1 aliphatic heterocycles. The first-order valence-electron chi connectivity index (χ1n) is 9.31. The third kappa shape index (κ3) is 4.54. The Bertz CT molecular complexity index is 864. The Morgan fingerprint density at radius 3 is 2.54 bits per heavy atom. The number of hydrogen-bond acceptors (Lipinski definition) is 5. The van der Waals surface area contributed by atoms with E-state index in [0.717, 1.165) is 17.7 Å². The topological polar surface area (TPSA) is 85.9 Å². The van der Waals surface area contributed by atoms with E-state index >= 15 is 0 Å². The van der Waals surface area contributed by atoms with Crippen LogP contribution in [0.4, 0.5) is 16.2 Å². The first-order chi connectivity index (χ1) is 13.5. The molecule has 2 amide bonds. The molecule has 0 unspecified atom stereocenters. The van der Waals surface area contributed by atoms with E-state index in [1.807, 2.05) is 19.9 Å². The van der Waals surface area contributed by atoms with Gasteiger partial charge < -0.3 is 19.5 Å². The van der Waals surface area contributed by atoms with Gasteiger partial charge in [0.25, 0.3) is 5.91 Å². The van der Waals surface area contributed by atoms with Crippen LogP contribution < -0.4 is 20.1 Å². The molecule has 2 aromatic carbocycles. The van der Waals surface area contributed by atoms with E-state index in [0.29, 0.717) is 29.3 Å². The van der Waals surface area contributed by atoms with Crippen molar-refractivity contribution in [2.75, 3.05) is 23.8 Å². The molecule has 0 aliphatic carbocycles. The fourth-order valence-corrected chi connectivity index (χ4v) is 3.00. The number of hydrogen-bond donors (Lipinski definition) is 2. The Hall–Kier alpha value is -3.22. The number of carbonyl (C=O) groups excluding carboxylic acids is 2. The van der Waals surface area contributed by atoms with Gasteiger partial charge in [0, 0.05) is 29.3 Å². The van der Waals surface area contributed by atoms with Crippen LogP contribution in [0.2, 0.25) is 0 Å². The van der Waals surface area contributed by atoms with Gasteiger partial charge in [-0.3, -0.25) is 10.1 Å². The van der Waals surface area contributed by atoms with Gasteiger partial charge in [-0.2, -0.15) is 0 Å². The van der Waals surface area contributed by atoms with Crippen molar-refractivity contribution in [3.8, 4) is 11.5 Å². The van der Waals surface area contributed by atoms with E-state index in [9.17, 15) is 9.59 Å². The van der Waals surface area contributed by atoms with Crippen LogP contribution in [0, 0.1) is 0 Å². The Balaban J connectivity index is 1.74. The molecule has 0 aromatic heterocycles. The average Bonchev–Trinajstić information content (AvgIpc) is 3.01. The molecule has 0 spiro atoms. The molecule has 3 rings (SSSR count). The second-order valence-electron chi connectivity index (χ2n) is 6.40. The van der Waals surface area contributed by atoms with Crippen LogP contribution in [0.3, 0.4) is 0 Å². The second kappa shape index (κ2) is 8.65. The minimum absolute atomic E-state index is 0.106. The zero-order valence-corrected chi connectivity index (χ0v) is 16.2. The molecule has 7 heteroatoms. The van der Waals surface area contributed by atoms with Gasteiger partial charge in [-0.05, 0) is 51.1 Å². The van der Waals surface area contributed by atoms with E-state index < -0.39 is 6.09 Å². The van der Waals surface area contributed by atoms with Crippen molar-refractivity contribution in [3.05, 3.63) is 47.5 Å². The van der Waals surface area contributed by atoms with Gasteiger partial charge in [0.1, 0.15) is 17.6 Å². The fraction of sp³-hybridized carbons (Fsp3) is 0.333. The lowest BCUT2D eigenvalue weighted by molar-refractivity contribution is 0.102. The number of anilines is 2. The zero-order valence-electron chi connectivity index (χ0n) is 16.2. The Labute approximate surface area is 164 Å². The predicted octanol–water partition coefficient (Wildman–Crippen LogP) is 4.23. The van der Waals surface area contributed by atoms with Crippen molar-refractivity contribution in [2.24, 2.45) is 0 Å². The van der Waals surface area contributed by atoms with Gasteiger partial charge in [-0.25, -0.2) is 4.79 Å². The molecule has 1 aliphatic rings. The van der Waals surface area contributed by atoms with Crippen LogP contribution >= 0.6 is 0 Å². The van der Waals surface area contributed by atoms with E-state index in [1.54, 1.807) is 37.3 Å². The zero-order chi connectivity index (χ0) is 20.1. The summed E-state index contributed by atoms with van der Waals surface area (Å²) >= 11 is 0. The summed E-state index contributed by atoms with van der Waals surface area (Å²) < 4.78 is 16.3. The van der Waals surface area contributed by atoms with Crippen molar-refractivity contribution in [1.82, 2.24) is 0 Å². The van der Waals surface area contributed by atoms with Crippen molar-refractivity contribution >= 4 is 23.4 Å². The molecule has 1 atom stereocenters. The number of nitrogens with one attached hydrogen (secondary N) is 2. The van der Waals surface area contributed by atoms with Crippen molar-refractivity contribution < 1.29 is 23.8 Å². The van der Waals surface area contributed by atoms with Crippen LogP contribution in [0.15, 0.2) is 36.4 Å². The summed E-state index contributed by atoms with van der Waals surface area (Å²) in [4.78, 5) is 24.1. The Morgan fingerprint density at radius 2 is 1.86 bits per heavy atom. The standard InChI is InChI=1S/C21H24N2O5/c1-4-26-19-11-15-10-13(3)28-18(15)12-17(19)23-20(24)14-6-8-16(9-7-14)22-21(25)27-5-2/h6-9,11-13H,4-5,10H2,1-3H3,(H,22,25)(H,23,24)/t13-/m0/s1. The summed E-state index contributed by atoms with van der Waals surface area (Å²) in [6.45, 7) is 6.41. The van der Waals surface area contributed by atoms with Crippen LogP contribution in [0.1, 0.15) is 36.7 Å². The van der Waals surface area contributed by atoms with Crippen LogP contribution in [0.25, 0.3) is 0 Å². The summed E-state index contributed by atoms with van der Waals surface area (Å²) in [6, 6.07) is 10.3. The number of carbonyl (C=O) groups is 2. The summed E-state index contributed by atoms with van der Waals surface area (Å²) in [5, 5.41) is 5.47. The minimum Gasteiger partial charge on any atom is -0.492 e. The highest BCUT2D eigenvalue weighted by atomic mass is 16.5. The van der Waals surface area contributed by atoms with Gasteiger partial charge in [-0.1, -0.05) is 0 Å². The quantitative estimate of drug-likeness (QED) is 0.778. The number of rotatable bonds is 6. The predicted molar refractivity (Wildman–Crippen MR) is 106 cm³/mol. The molecule has 0 saturated heterocycles. The molecule has 0 radical (unpaired) electrons. The van der Waals surface area contributed by atoms with Gasteiger partial charge in [0.05, 0.1) is 18.9 Å². The van der Waals surface area contributed by atoms with Crippen molar-refractivity contribution in [3.63, 3.8) is 0 Å². The molecule has 2 aromatic rings. The van der Waals surface area contributed by atoms with Gasteiger partial charge in [0.2, 0.25) is 0 Å². The van der Waals surface area contributed by atoms with Crippen molar-refractivity contribution in [1.29, 1.82) is 0 Å². The average molecular weight is 384 g/mol. The Kier molecular flexibility index (Phi) is 6.03. The van der Waals surface area contributed by atoms with Crippen LogP contribution in [0.5, 0.6) is 11.5 Å². The number of amides is 2. The van der Waals surface area contributed by atoms with E-state index in [2.05, 4.69) is 10.6 Å². The highest BCUT2D eigenvalue weighted by Crippen LogP contribution is 2.38. The molecule has 2 N–H and O–H groups in total. The molecule has 0 fully saturated rings.